The van der Waals surface area contributed by atoms with E-state index in [9.17, 15) is 0 Å². The zero-order valence-electron chi connectivity index (χ0n) is 11.7. The van der Waals surface area contributed by atoms with Crippen molar-refractivity contribution in [3.63, 3.8) is 0 Å². The molecule has 1 heterocycles. The Morgan fingerprint density at radius 3 is 2.43 bits per heavy atom. The third-order valence-corrected chi connectivity index (χ3v) is 5.25. The van der Waals surface area contributed by atoms with Crippen molar-refractivity contribution in [1.82, 2.24) is 9.97 Å². The summed E-state index contributed by atoms with van der Waals surface area (Å²) in [7, 11) is -0.651. The van der Waals surface area contributed by atoms with Crippen LogP contribution in [-0.4, -0.2) is 18.8 Å². The Bertz CT molecular complexity index is 798. The van der Waals surface area contributed by atoms with E-state index in [4.69, 9.17) is 23.2 Å². The lowest BCUT2D eigenvalue weighted by molar-refractivity contribution is 1.18. The van der Waals surface area contributed by atoms with E-state index in [1.165, 1.54) is 16.0 Å². The second-order valence-corrected chi connectivity index (χ2v) is 8.32. The Labute approximate surface area is 135 Å². The summed E-state index contributed by atoms with van der Waals surface area (Å²) in [6, 6.07) is 14.4. The summed E-state index contributed by atoms with van der Waals surface area (Å²) in [5.41, 5.74) is 1.91. The third-order valence-electron chi connectivity index (χ3n) is 3.39. The van der Waals surface area contributed by atoms with Gasteiger partial charge in [0, 0.05) is 11.6 Å². The van der Waals surface area contributed by atoms with Crippen molar-refractivity contribution in [2.75, 3.05) is 0 Å². The molecule has 0 spiro atoms. The average molecular weight is 332 g/mol. The van der Waals surface area contributed by atoms with Gasteiger partial charge in [0.2, 0.25) is 5.28 Å². The fourth-order valence-electron chi connectivity index (χ4n) is 2.48. The molecule has 0 amide bonds. The first-order chi connectivity index (χ1) is 10.1. The molecule has 105 valence electrons. The van der Waals surface area contributed by atoms with Crippen LogP contribution in [0.3, 0.4) is 0 Å². The molecule has 0 aliphatic heterocycles. The number of rotatable bonds is 2. The minimum absolute atomic E-state index is 0.178. The summed E-state index contributed by atoms with van der Waals surface area (Å²) < 4.78 is 0. The summed E-state index contributed by atoms with van der Waals surface area (Å²) in [5, 5.41) is 4.23. The maximum absolute atomic E-state index is 6.06. The van der Waals surface area contributed by atoms with Gasteiger partial charge in [0.15, 0.2) is 0 Å². The first kappa shape index (κ1) is 14.5. The predicted octanol–water partition coefficient (Wildman–Crippen LogP) is 4.57. The molecule has 1 radical (unpaired) electrons. The van der Waals surface area contributed by atoms with Crippen molar-refractivity contribution in [1.29, 1.82) is 0 Å². The smallest absolute Gasteiger partial charge is 0.218 e. The minimum Gasteiger partial charge on any atom is -0.218 e. The van der Waals surface area contributed by atoms with Crippen LogP contribution in [0.4, 0.5) is 0 Å². The molecular formula is C16H13Cl2N2Si. The maximum Gasteiger partial charge on any atom is 0.224 e. The van der Waals surface area contributed by atoms with Gasteiger partial charge in [-0.05, 0) is 22.4 Å². The number of hydrogen-bond acceptors (Lipinski definition) is 2. The molecule has 2 nitrogen and oxygen atoms in total. The second kappa shape index (κ2) is 5.76. The molecule has 1 aromatic heterocycles. The Hall–Kier alpha value is -1.42. The largest absolute Gasteiger partial charge is 0.224 e. The fraction of sp³-hybridized carbons (Fsp3) is 0.125. The van der Waals surface area contributed by atoms with Crippen molar-refractivity contribution >= 4 is 48.0 Å². The SMILES string of the molecule is C[Si](C)c1ccc2ccccc2c1-c1cc(Cl)nc(Cl)n1. The normalized spacial score (nSPS) is 11.3. The summed E-state index contributed by atoms with van der Waals surface area (Å²) in [4.78, 5) is 8.33. The minimum atomic E-state index is -0.651. The van der Waals surface area contributed by atoms with Crippen LogP contribution in [0.2, 0.25) is 23.5 Å². The number of hydrogen-bond donors (Lipinski definition) is 0. The molecule has 21 heavy (non-hydrogen) atoms. The van der Waals surface area contributed by atoms with Crippen LogP contribution >= 0.6 is 23.2 Å². The molecule has 0 N–H and O–H groups in total. The number of fused-ring (bicyclic) bond motifs is 1. The summed E-state index contributed by atoms with van der Waals surface area (Å²) >= 11 is 12.0. The van der Waals surface area contributed by atoms with Gasteiger partial charge in [0.1, 0.15) is 5.15 Å². The molecular weight excluding hydrogens is 319 g/mol. The lowest BCUT2D eigenvalue weighted by Gasteiger charge is -2.15. The molecule has 3 aromatic rings. The first-order valence-corrected chi connectivity index (χ1v) is 9.84. The standard InChI is InChI=1S/C16H13Cl2N2Si/c1-21(2)13-8-7-10-5-3-4-6-11(10)15(13)12-9-14(17)20-16(18)19-12/h3-9H,1-2H3. The molecule has 0 saturated carbocycles. The van der Waals surface area contributed by atoms with E-state index in [0.29, 0.717) is 5.15 Å². The van der Waals surface area contributed by atoms with E-state index in [1.54, 1.807) is 6.07 Å². The summed E-state index contributed by atoms with van der Waals surface area (Å²) in [5.74, 6) is 0. The zero-order chi connectivity index (χ0) is 15.0. The van der Waals surface area contributed by atoms with Crippen molar-refractivity contribution in [3.05, 3.63) is 52.9 Å². The van der Waals surface area contributed by atoms with Gasteiger partial charge in [-0.3, -0.25) is 0 Å². The molecule has 0 unspecified atom stereocenters. The van der Waals surface area contributed by atoms with Crippen LogP contribution in [0, 0.1) is 0 Å². The quantitative estimate of drug-likeness (QED) is 0.390. The highest BCUT2D eigenvalue weighted by atomic mass is 35.5. The van der Waals surface area contributed by atoms with Gasteiger partial charge in [-0.2, -0.15) is 0 Å². The van der Waals surface area contributed by atoms with Crippen LogP contribution in [0.1, 0.15) is 0 Å². The molecule has 0 bridgehead atoms. The molecule has 0 aliphatic rings. The Kier molecular flexibility index (Phi) is 3.98. The van der Waals surface area contributed by atoms with E-state index in [-0.39, 0.29) is 5.28 Å². The number of nitrogens with zero attached hydrogens (tertiary/aromatic N) is 2. The summed E-state index contributed by atoms with van der Waals surface area (Å²) in [6.07, 6.45) is 0. The highest BCUT2D eigenvalue weighted by Gasteiger charge is 2.15. The molecule has 0 fully saturated rings. The van der Waals surface area contributed by atoms with E-state index >= 15 is 0 Å². The van der Waals surface area contributed by atoms with Gasteiger partial charge in [-0.15, -0.1) is 0 Å². The lowest BCUT2D eigenvalue weighted by Crippen LogP contribution is -2.25. The van der Waals surface area contributed by atoms with Crippen LogP contribution in [0.25, 0.3) is 22.0 Å². The van der Waals surface area contributed by atoms with Crippen molar-refractivity contribution in [3.8, 4) is 11.3 Å². The Morgan fingerprint density at radius 1 is 0.952 bits per heavy atom. The molecule has 0 saturated heterocycles. The Morgan fingerprint density at radius 2 is 1.71 bits per heavy atom. The average Bonchev–Trinajstić information content (AvgIpc) is 2.44. The van der Waals surface area contributed by atoms with Gasteiger partial charge < -0.3 is 0 Å². The van der Waals surface area contributed by atoms with Gasteiger partial charge in [0.25, 0.3) is 0 Å². The van der Waals surface area contributed by atoms with Crippen molar-refractivity contribution < 1.29 is 0 Å². The molecule has 5 heteroatoms. The fourth-order valence-corrected chi connectivity index (χ4v) is 4.07. The van der Waals surface area contributed by atoms with E-state index in [2.05, 4.69) is 47.3 Å². The molecule has 0 aliphatic carbocycles. The van der Waals surface area contributed by atoms with Crippen LogP contribution in [0.15, 0.2) is 42.5 Å². The molecule has 3 rings (SSSR count). The predicted molar refractivity (Wildman–Crippen MR) is 92.1 cm³/mol. The third kappa shape index (κ3) is 2.82. The lowest BCUT2D eigenvalue weighted by atomic mass is 10.0. The van der Waals surface area contributed by atoms with Crippen LogP contribution in [0.5, 0.6) is 0 Å². The number of benzene rings is 2. The maximum atomic E-state index is 6.06. The van der Waals surface area contributed by atoms with Crippen molar-refractivity contribution in [2.45, 2.75) is 13.1 Å². The highest BCUT2D eigenvalue weighted by molar-refractivity contribution is 6.72. The summed E-state index contributed by atoms with van der Waals surface area (Å²) in [6.45, 7) is 4.53. The van der Waals surface area contributed by atoms with Crippen LogP contribution < -0.4 is 5.19 Å². The van der Waals surface area contributed by atoms with Gasteiger partial charge >= 0.3 is 0 Å². The molecule has 0 atom stereocenters. The van der Waals surface area contributed by atoms with Crippen LogP contribution in [-0.2, 0) is 0 Å². The Balaban J connectivity index is 2.40. The van der Waals surface area contributed by atoms with Crippen molar-refractivity contribution in [2.24, 2.45) is 0 Å². The van der Waals surface area contributed by atoms with E-state index < -0.39 is 8.80 Å². The van der Waals surface area contributed by atoms with Gasteiger partial charge in [-0.25, -0.2) is 9.97 Å². The molecule has 2 aromatic carbocycles. The topological polar surface area (TPSA) is 25.8 Å². The second-order valence-electron chi connectivity index (χ2n) is 5.05. The van der Waals surface area contributed by atoms with Gasteiger partial charge in [-0.1, -0.05) is 66.3 Å². The number of halogens is 2. The zero-order valence-corrected chi connectivity index (χ0v) is 14.2. The monoisotopic (exact) mass is 331 g/mol. The van der Waals surface area contributed by atoms with Gasteiger partial charge in [0.05, 0.1) is 14.5 Å². The highest BCUT2D eigenvalue weighted by Crippen LogP contribution is 2.28. The van der Waals surface area contributed by atoms with E-state index in [0.717, 1.165) is 11.3 Å². The number of aromatic nitrogens is 2. The first-order valence-electron chi connectivity index (χ1n) is 6.59. The van der Waals surface area contributed by atoms with E-state index in [1.807, 2.05) is 12.1 Å².